The molecule has 1 aliphatic heterocycles. The van der Waals surface area contributed by atoms with E-state index in [2.05, 4.69) is 20.4 Å². The van der Waals surface area contributed by atoms with Crippen molar-refractivity contribution in [3.8, 4) is 23.2 Å². The fourth-order valence-corrected chi connectivity index (χ4v) is 4.14. The molecule has 9 nitrogen and oxygen atoms in total. The highest BCUT2D eigenvalue weighted by Crippen LogP contribution is 2.45. The number of phenolic OH excluding ortho intramolecular Hbond substituents is 1. The largest absolute Gasteiger partial charge is 0.502 e. The Morgan fingerprint density at radius 2 is 1.87 bits per heavy atom. The SMILES string of the molecule is COc1cc([C@H]2CC(=O)Nc3c2c(C)nn3-c2nc3ccccc3[nH]2)cc(OC)c1O. The minimum atomic E-state index is -0.287. The zero-order chi connectivity index (χ0) is 21.7. The third kappa shape index (κ3) is 2.97. The maximum absolute atomic E-state index is 12.7. The summed E-state index contributed by atoms with van der Waals surface area (Å²) in [6.45, 7) is 1.90. The molecule has 9 heteroatoms. The first-order valence-electron chi connectivity index (χ1n) is 9.79. The summed E-state index contributed by atoms with van der Waals surface area (Å²) in [5.41, 5.74) is 4.13. The number of aromatic nitrogens is 4. The van der Waals surface area contributed by atoms with Crippen LogP contribution >= 0.6 is 0 Å². The number of amides is 1. The van der Waals surface area contributed by atoms with Crippen LogP contribution in [0.5, 0.6) is 17.2 Å². The summed E-state index contributed by atoms with van der Waals surface area (Å²) in [4.78, 5) is 20.5. The Balaban J connectivity index is 1.67. The Bertz CT molecular complexity index is 1260. The lowest BCUT2D eigenvalue weighted by atomic mass is 9.85. The zero-order valence-electron chi connectivity index (χ0n) is 17.3. The highest BCUT2D eigenvalue weighted by atomic mass is 16.5. The fraction of sp³-hybridized carbons (Fsp3) is 0.227. The summed E-state index contributed by atoms with van der Waals surface area (Å²) in [7, 11) is 2.95. The van der Waals surface area contributed by atoms with Gasteiger partial charge in [0.1, 0.15) is 5.82 Å². The monoisotopic (exact) mass is 419 g/mol. The number of nitrogens with zero attached hydrogens (tertiary/aromatic N) is 3. The molecule has 0 fully saturated rings. The number of para-hydroxylation sites is 2. The van der Waals surface area contributed by atoms with Crippen molar-refractivity contribution < 1.29 is 19.4 Å². The predicted molar refractivity (Wildman–Crippen MR) is 114 cm³/mol. The van der Waals surface area contributed by atoms with E-state index >= 15 is 0 Å². The number of aromatic amines is 1. The Morgan fingerprint density at radius 1 is 1.16 bits per heavy atom. The van der Waals surface area contributed by atoms with Gasteiger partial charge in [0.05, 0.1) is 30.9 Å². The number of aromatic hydroxyl groups is 1. The van der Waals surface area contributed by atoms with Crippen LogP contribution in [-0.2, 0) is 4.79 Å². The molecule has 158 valence electrons. The number of ether oxygens (including phenoxy) is 2. The molecule has 0 spiro atoms. The second-order valence-corrected chi connectivity index (χ2v) is 7.42. The molecule has 0 radical (unpaired) electrons. The first kappa shape index (κ1) is 19.0. The van der Waals surface area contributed by atoms with Crippen LogP contribution in [0.4, 0.5) is 5.82 Å². The zero-order valence-corrected chi connectivity index (χ0v) is 17.3. The highest BCUT2D eigenvalue weighted by Gasteiger charge is 2.34. The number of carbonyl (C=O) groups is 1. The van der Waals surface area contributed by atoms with Gasteiger partial charge in [-0.05, 0) is 36.8 Å². The molecule has 3 heterocycles. The lowest BCUT2D eigenvalue weighted by Crippen LogP contribution is -2.25. The number of H-pyrrole nitrogens is 1. The number of phenols is 1. The number of aryl methyl sites for hydroxylation is 1. The van der Waals surface area contributed by atoms with Crippen LogP contribution in [0, 0.1) is 6.92 Å². The molecule has 0 unspecified atom stereocenters. The maximum Gasteiger partial charge on any atom is 0.231 e. The molecule has 1 amide bonds. The fourth-order valence-electron chi connectivity index (χ4n) is 4.14. The third-order valence-corrected chi connectivity index (χ3v) is 5.58. The first-order valence-corrected chi connectivity index (χ1v) is 9.79. The summed E-state index contributed by atoms with van der Waals surface area (Å²) in [5.74, 6) is 1.15. The Labute approximate surface area is 177 Å². The summed E-state index contributed by atoms with van der Waals surface area (Å²) in [6.07, 6.45) is 0.233. The molecule has 0 bridgehead atoms. The molecule has 1 aliphatic rings. The van der Waals surface area contributed by atoms with E-state index in [9.17, 15) is 9.90 Å². The molecule has 0 aliphatic carbocycles. The summed E-state index contributed by atoms with van der Waals surface area (Å²) >= 11 is 0. The van der Waals surface area contributed by atoms with Gasteiger partial charge in [-0.3, -0.25) is 4.79 Å². The number of anilines is 1. The van der Waals surface area contributed by atoms with Crippen LogP contribution < -0.4 is 14.8 Å². The molecule has 1 atom stereocenters. The van der Waals surface area contributed by atoms with Crippen LogP contribution in [0.25, 0.3) is 17.0 Å². The number of hydrogen-bond acceptors (Lipinski definition) is 6. The smallest absolute Gasteiger partial charge is 0.231 e. The van der Waals surface area contributed by atoms with E-state index in [1.165, 1.54) is 14.2 Å². The summed E-state index contributed by atoms with van der Waals surface area (Å²) in [5, 5.41) is 17.9. The summed E-state index contributed by atoms with van der Waals surface area (Å²) < 4.78 is 12.2. The van der Waals surface area contributed by atoms with Gasteiger partial charge in [0.15, 0.2) is 11.5 Å². The molecule has 2 aromatic heterocycles. The molecule has 5 rings (SSSR count). The predicted octanol–water partition coefficient (Wildman–Crippen LogP) is 3.25. The van der Waals surface area contributed by atoms with Gasteiger partial charge < -0.3 is 24.9 Å². The van der Waals surface area contributed by atoms with Crippen molar-refractivity contribution in [1.82, 2.24) is 19.7 Å². The van der Waals surface area contributed by atoms with E-state index in [-0.39, 0.29) is 35.5 Å². The number of benzene rings is 2. The molecule has 3 N–H and O–H groups in total. The second-order valence-electron chi connectivity index (χ2n) is 7.42. The van der Waals surface area contributed by atoms with Crippen LogP contribution in [0.15, 0.2) is 36.4 Å². The van der Waals surface area contributed by atoms with E-state index in [0.29, 0.717) is 11.8 Å². The van der Waals surface area contributed by atoms with Gasteiger partial charge in [-0.1, -0.05) is 12.1 Å². The van der Waals surface area contributed by atoms with Gasteiger partial charge in [-0.15, -0.1) is 0 Å². The van der Waals surface area contributed by atoms with Gasteiger partial charge in [0.25, 0.3) is 0 Å². The van der Waals surface area contributed by atoms with Crippen LogP contribution in [0.3, 0.4) is 0 Å². The number of hydrogen-bond donors (Lipinski definition) is 3. The molecular formula is C22H21N5O4. The normalized spacial score (nSPS) is 15.6. The maximum atomic E-state index is 12.7. The molecule has 31 heavy (non-hydrogen) atoms. The van der Waals surface area contributed by atoms with E-state index < -0.39 is 0 Å². The van der Waals surface area contributed by atoms with E-state index in [4.69, 9.17) is 9.47 Å². The number of fused-ring (bicyclic) bond motifs is 2. The average molecular weight is 419 g/mol. The van der Waals surface area contributed by atoms with Crippen LogP contribution in [-0.4, -0.2) is 45.0 Å². The number of rotatable bonds is 4. The van der Waals surface area contributed by atoms with Gasteiger partial charge >= 0.3 is 0 Å². The van der Waals surface area contributed by atoms with Crippen molar-refractivity contribution in [2.45, 2.75) is 19.3 Å². The molecule has 0 saturated carbocycles. The minimum Gasteiger partial charge on any atom is -0.502 e. The standard InChI is InChI=1S/C22H21N5O4/c1-11-19-13(12-8-16(30-2)20(29)17(9-12)31-3)10-18(28)25-21(19)27(26-11)22-23-14-6-4-5-7-15(14)24-22/h4-9,13,29H,10H2,1-3H3,(H,23,24)(H,25,28)/t13-/m1/s1. The van der Waals surface area contributed by atoms with Gasteiger partial charge in [0, 0.05) is 17.9 Å². The second kappa shape index (κ2) is 7.05. The van der Waals surface area contributed by atoms with Gasteiger partial charge in [-0.2, -0.15) is 9.78 Å². The van der Waals surface area contributed by atoms with Crippen molar-refractivity contribution in [1.29, 1.82) is 0 Å². The summed E-state index contributed by atoms with van der Waals surface area (Å²) in [6, 6.07) is 11.1. The van der Waals surface area contributed by atoms with Crippen molar-refractivity contribution in [2.24, 2.45) is 0 Å². The Morgan fingerprint density at radius 3 is 2.55 bits per heavy atom. The van der Waals surface area contributed by atoms with E-state index in [1.54, 1.807) is 16.8 Å². The Kier molecular flexibility index (Phi) is 4.32. The Hall–Kier alpha value is -4.01. The lowest BCUT2D eigenvalue weighted by molar-refractivity contribution is -0.116. The number of nitrogens with one attached hydrogen (secondary N) is 2. The highest BCUT2D eigenvalue weighted by molar-refractivity contribution is 5.95. The number of imidazole rings is 1. The van der Waals surface area contributed by atoms with Crippen LogP contribution in [0.1, 0.15) is 29.2 Å². The lowest BCUT2D eigenvalue weighted by Gasteiger charge is -2.25. The third-order valence-electron chi connectivity index (χ3n) is 5.58. The van der Waals surface area contributed by atoms with Crippen molar-refractivity contribution >= 4 is 22.8 Å². The van der Waals surface area contributed by atoms with E-state index in [0.717, 1.165) is 27.9 Å². The number of methoxy groups -OCH3 is 2. The molecule has 0 saturated heterocycles. The number of carbonyl (C=O) groups excluding carboxylic acids is 1. The quantitative estimate of drug-likeness (QED) is 0.468. The van der Waals surface area contributed by atoms with Gasteiger partial charge in [0.2, 0.25) is 17.6 Å². The van der Waals surface area contributed by atoms with Crippen LogP contribution in [0.2, 0.25) is 0 Å². The molecular weight excluding hydrogens is 398 g/mol. The first-order chi connectivity index (χ1) is 15.0. The molecule has 2 aromatic carbocycles. The molecule has 4 aromatic rings. The minimum absolute atomic E-state index is 0.0797. The van der Waals surface area contributed by atoms with Gasteiger partial charge in [-0.25, -0.2) is 4.98 Å². The average Bonchev–Trinajstić information content (AvgIpc) is 3.34. The van der Waals surface area contributed by atoms with Crippen molar-refractivity contribution in [3.63, 3.8) is 0 Å². The van der Waals surface area contributed by atoms with Crippen molar-refractivity contribution in [2.75, 3.05) is 19.5 Å². The van der Waals surface area contributed by atoms with E-state index in [1.807, 2.05) is 31.2 Å². The van der Waals surface area contributed by atoms with Crippen molar-refractivity contribution in [3.05, 3.63) is 53.2 Å². The topological polar surface area (TPSA) is 114 Å².